The minimum absolute atomic E-state index is 0.122. The van der Waals surface area contributed by atoms with Crippen LogP contribution in [0.25, 0.3) is 0 Å². The largest absolute Gasteiger partial charge is 0.438 e. The Balaban J connectivity index is 1.49. The smallest absolute Gasteiger partial charge is 0.247 e. The van der Waals surface area contributed by atoms with Crippen LogP contribution in [0, 0.1) is 5.41 Å². The number of piperazine rings is 1. The molecule has 1 amide bonds. The number of nitrogen functional groups attached to an aromatic ring is 1. The first-order chi connectivity index (χ1) is 16.9. The van der Waals surface area contributed by atoms with E-state index >= 15 is 0 Å². The van der Waals surface area contributed by atoms with E-state index in [1.165, 1.54) is 11.8 Å². The van der Waals surface area contributed by atoms with E-state index in [4.69, 9.17) is 15.9 Å². The maximum Gasteiger partial charge on any atom is 0.247 e. The van der Waals surface area contributed by atoms with Crippen molar-refractivity contribution in [1.82, 2.24) is 14.9 Å². The second-order valence-electron chi connectivity index (χ2n) is 8.08. The van der Waals surface area contributed by atoms with Crippen LogP contribution in [0.2, 0.25) is 0 Å². The number of hydrogen-bond acceptors (Lipinski definition) is 9. The Hall–Kier alpha value is -4.44. The second kappa shape index (κ2) is 10.7. The van der Waals surface area contributed by atoms with Crippen molar-refractivity contribution < 1.29 is 9.53 Å². The van der Waals surface area contributed by atoms with Gasteiger partial charge in [0, 0.05) is 49.5 Å². The molecule has 0 atom stereocenters. The van der Waals surface area contributed by atoms with Crippen molar-refractivity contribution in [3.63, 3.8) is 0 Å². The number of hydrogen-bond donors (Lipinski definition) is 4. The van der Waals surface area contributed by atoms with Gasteiger partial charge in [-0.25, -0.2) is 0 Å². The minimum Gasteiger partial charge on any atom is -0.438 e. The van der Waals surface area contributed by atoms with Crippen molar-refractivity contribution >= 4 is 41.0 Å². The maximum atomic E-state index is 11.4. The molecule has 2 aromatic carbocycles. The molecule has 3 aromatic rings. The number of carbonyl (C=O) groups is 1. The molecule has 5 N–H and O–H groups in total. The van der Waals surface area contributed by atoms with E-state index in [1.807, 2.05) is 12.1 Å². The summed E-state index contributed by atoms with van der Waals surface area (Å²) in [7, 11) is 2.14. The summed E-state index contributed by atoms with van der Waals surface area (Å²) in [5, 5.41) is 13.5. The first-order valence-corrected chi connectivity index (χ1v) is 11.1. The van der Waals surface area contributed by atoms with Crippen molar-refractivity contribution in [3.05, 3.63) is 66.7 Å². The Bertz CT molecular complexity index is 1200. The van der Waals surface area contributed by atoms with Crippen LogP contribution in [0.4, 0.5) is 28.8 Å². The molecule has 1 aliphatic heterocycles. The predicted octanol–water partition coefficient (Wildman–Crippen LogP) is 3.47. The highest BCUT2D eigenvalue weighted by Gasteiger charge is 2.16. The van der Waals surface area contributed by atoms with E-state index in [9.17, 15) is 4.79 Å². The van der Waals surface area contributed by atoms with Gasteiger partial charge in [-0.1, -0.05) is 6.58 Å². The molecule has 2 heterocycles. The van der Waals surface area contributed by atoms with E-state index in [1.54, 1.807) is 24.3 Å². The van der Waals surface area contributed by atoms with Crippen molar-refractivity contribution in [3.8, 4) is 11.6 Å². The summed E-state index contributed by atoms with van der Waals surface area (Å²) in [5.41, 5.74) is 8.91. The summed E-state index contributed by atoms with van der Waals surface area (Å²) in [6, 6.07) is 14.8. The topological polar surface area (TPSA) is 132 Å². The van der Waals surface area contributed by atoms with Crippen molar-refractivity contribution in [2.75, 3.05) is 54.5 Å². The number of likely N-dealkylation sites (N-methyl/N-ethyl adjacent to an activating group) is 1. The number of ether oxygens (including phenoxy) is 1. The molecule has 0 spiro atoms. The van der Waals surface area contributed by atoms with Crippen LogP contribution in [-0.2, 0) is 4.79 Å². The fraction of sp³-hybridized carbons (Fsp3) is 0.200. The molecular formula is C25H28N8O2. The third kappa shape index (κ3) is 5.92. The summed E-state index contributed by atoms with van der Waals surface area (Å²) in [6.07, 6.45) is 2.25. The van der Waals surface area contributed by atoms with E-state index in [0.717, 1.165) is 38.1 Å². The zero-order valence-electron chi connectivity index (χ0n) is 19.5. The highest BCUT2D eigenvalue weighted by molar-refractivity contribution is 5.98. The van der Waals surface area contributed by atoms with Crippen molar-refractivity contribution in [1.29, 1.82) is 5.41 Å². The van der Waals surface area contributed by atoms with Crippen LogP contribution in [0.1, 0.15) is 5.56 Å². The highest BCUT2D eigenvalue weighted by atomic mass is 16.5. The van der Waals surface area contributed by atoms with Gasteiger partial charge in [0.1, 0.15) is 11.6 Å². The van der Waals surface area contributed by atoms with Crippen LogP contribution in [0.5, 0.6) is 11.6 Å². The van der Waals surface area contributed by atoms with Crippen molar-refractivity contribution in [2.24, 2.45) is 0 Å². The van der Waals surface area contributed by atoms with E-state index < -0.39 is 0 Å². The van der Waals surface area contributed by atoms with Gasteiger partial charge in [-0.15, -0.1) is 0 Å². The van der Waals surface area contributed by atoms with Gasteiger partial charge in [0.25, 0.3) is 0 Å². The normalized spacial score (nSPS) is 13.7. The Morgan fingerprint density at radius 1 is 1.06 bits per heavy atom. The Morgan fingerprint density at radius 3 is 2.34 bits per heavy atom. The molecule has 180 valence electrons. The SMILES string of the molecule is C=CC(=O)Nc1ccc(Oc2nc(Nc3ccc(N4CCN(C)CC4)cc3)nc(N)c2C=N)cc1. The van der Waals surface area contributed by atoms with Crippen LogP contribution < -0.4 is 26.0 Å². The number of nitrogens with zero attached hydrogens (tertiary/aromatic N) is 4. The molecule has 1 saturated heterocycles. The second-order valence-corrected chi connectivity index (χ2v) is 8.08. The lowest BCUT2D eigenvalue weighted by molar-refractivity contribution is -0.111. The zero-order chi connectivity index (χ0) is 24.8. The molecule has 1 aliphatic rings. The molecule has 1 fully saturated rings. The summed E-state index contributed by atoms with van der Waals surface area (Å²) in [4.78, 5) is 24.8. The minimum atomic E-state index is -0.305. The fourth-order valence-corrected chi connectivity index (χ4v) is 3.60. The van der Waals surface area contributed by atoms with Gasteiger partial charge >= 0.3 is 0 Å². The third-order valence-corrected chi connectivity index (χ3v) is 5.60. The van der Waals surface area contributed by atoms with Crippen LogP contribution in [0.15, 0.2) is 61.2 Å². The standard InChI is InChI=1S/C25H28N8O2/c1-3-22(34)28-17-6-10-20(11-7-17)35-24-21(16-26)23(27)30-25(31-24)29-18-4-8-19(9-5-18)33-14-12-32(2)13-15-33/h3-11,16,26H,1,12-15H2,2H3,(H,28,34)(H3,27,29,30,31). The van der Waals surface area contributed by atoms with Gasteiger partial charge in [0.2, 0.25) is 17.7 Å². The number of benzene rings is 2. The Kier molecular flexibility index (Phi) is 7.22. The summed E-state index contributed by atoms with van der Waals surface area (Å²) in [6.45, 7) is 7.51. The number of rotatable bonds is 8. The lowest BCUT2D eigenvalue weighted by Crippen LogP contribution is -2.44. The number of nitrogens with one attached hydrogen (secondary N) is 3. The Labute approximate surface area is 203 Å². The van der Waals surface area contributed by atoms with E-state index in [0.29, 0.717) is 11.4 Å². The quantitative estimate of drug-likeness (QED) is 0.289. The van der Waals surface area contributed by atoms with Crippen molar-refractivity contribution in [2.45, 2.75) is 0 Å². The average molecular weight is 473 g/mol. The first kappa shape index (κ1) is 23.7. The number of nitrogens with two attached hydrogens (primary N) is 1. The van der Waals surface area contributed by atoms with Crippen LogP contribution in [0.3, 0.4) is 0 Å². The van der Waals surface area contributed by atoms with Gasteiger partial charge in [0.15, 0.2) is 0 Å². The molecule has 0 radical (unpaired) electrons. The lowest BCUT2D eigenvalue weighted by Gasteiger charge is -2.34. The average Bonchev–Trinajstić information content (AvgIpc) is 2.86. The molecule has 0 aliphatic carbocycles. The van der Waals surface area contributed by atoms with Gasteiger partial charge in [-0.3, -0.25) is 4.79 Å². The van der Waals surface area contributed by atoms with Crippen LogP contribution >= 0.6 is 0 Å². The molecule has 35 heavy (non-hydrogen) atoms. The summed E-state index contributed by atoms with van der Waals surface area (Å²) in [5.74, 6) is 0.680. The number of amides is 1. The lowest BCUT2D eigenvalue weighted by atomic mass is 10.2. The van der Waals surface area contributed by atoms with E-state index in [2.05, 4.69) is 56.2 Å². The zero-order valence-corrected chi connectivity index (χ0v) is 19.5. The monoisotopic (exact) mass is 472 g/mol. The van der Waals surface area contributed by atoms with Gasteiger partial charge < -0.3 is 36.3 Å². The first-order valence-electron chi connectivity index (χ1n) is 11.1. The van der Waals surface area contributed by atoms with Gasteiger partial charge in [-0.2, -0.15) is 9.97 Å². The molecule has 10 heteroatoms. The number of anilines is 5. The molecule has 0 unspecified atom stereocenters. The third-order valence-electron chi connectivity index (χ3n) is 5.60. The maximum absolute atomic E-state index is 11.4. The molecule has 0 bridgehead atoms. The number of aromatic nitrogens is 2. The van der Waals surface area contributed by atoms with E-state index in [-0.39, 0.29) is 29.1 Å². The number of carbonyl (C=O) groups excluding carboxylic acids is 1. The molecule has 1 aromatic heterocycles. The highest BCUT2D eigenvalue weighted by Crippen LogP contribution is 2.29. The van der Waals surface area contributed by atoms with Gasteiger partial charge in [0.05, 0.1) is 5.56 Å². The predicted molar refractivity (Wildman–Crippen MR) is 139 cm³/mol. The summed E-state index contributed by atoms with van der Waals surface area (Å²) >= 11 is 0. The van der Waals surface area contributed by atoms with Gasteiger partial charge in [-0.05, 0) is 61.7 Å². The molecular weight excluding hydrogens is 444 g/mol. The summed E-state index contributed by atoms with van der Waals surface area (Å²) < 4.78 is 5.89. The molecule has 0 saturated carbocycles. The molecule has 10 nitrogen and oxygen atoms in total. The fourth-order valence-electron chi connectivity index (χ4n) is 3.60. The Morgan fingerprint density at radius 2 is 1.71 bits per heavy atom. The molecule has 4 rings (SSSR count). The van der Waals surface area contributed by atoms with Crippen LogP contribution in [-0.4, -0.2) is 60.2 Å².